The van der Waals surface area contributed by atoms with Gasteiger partial charge in [-0.05, 0) is 54.8 Å². The molecule has 0 amide bonds. The van der Waals surface area contributed by atoms with Crippen molar-refractivity contribution in [3.8, 4) is 11.5 Å². The number of anilines is 1. The maximum atomic E-state index is 13.1. The molecule has 3 N–H and O–H groups in total. The molecule has 4 heteroatoms. The molecular formula is C15H16FNO2. The Labute approximate surface area is 111 Å². The molecule has 2 rings (SSSR count). The number of benzene rings is 2. The van der Waals surface area contributed by atoms with E-state index < -0.39 is 5.82 Å². The largest absolute Gasteiger partial charge is 0.508 e. The zero-order valence-electron chi connectivity index (χ0n) is 10.9. The van der Waals surface area contributed by atoms with E-state index in [9.17, 15) is 14.6 Å². The molecule has 0 fully saturated rings. The van der Waals surface area contributed by atoms with E-state index in [0.717, 1.165) is 22.9 Å². The van der Waals surface area contributed by atoms with Gasteiger partial charge < -0.3 is 15.5 Å². The van der Waals surface area contributed by atoms with E-state index in [4.69, 9.17) is 0 Å². The number of halogens is 1. The van der Waals surface area contributed by atoms with Gasteiger partial charge in [-0.15, -0.1) is 0 Å². The minimum atomic E-state index is -0.463. The first-order valence-corrected chi connectivity index (χ1v) is 5.98. The lowest BCUT2D eigenvalue weighted by Crippen LogP contribution is -2.02. The highest BCUT2D eigenvalue weighted by Crippen LogP contribution is 2.25. The van der Waals surface area contributed by atoms with E-state index in [-0.39, 0.29) is 11.5 Å². The summed E-state index contributed by atoms with van der Waals surface area (Å²) < 4.78 is 13.1. The van der Waals surface area contributed by atoms with Gasteiger partial charge in [-0.1, -0.05) is 0 Å². The highest BCUT2D eigenvalue weighted by atomic mass is 19.1. The lowest BCUT2D eigenvalue weighted by molar-refractivity contribution is 0.468. The van der Waals surface area contributed by atoms with Crippen LogP contribution in [0.25, 0.3) is 0 Å². The SMILES string of the molecule is Cc1cc(NCc2cc(O)cc(F)c2)c(C)cc1O. The third-order valence-electron chi connectivity index (χ3n) is 2.97. The Balaban J connectivity index is 2.16. The molecule has 0 bridgehead atoms. The molecule has 0 aliphatic rings. The van der Waals surface area contributed by atoms with Crippen molar-refractivity contribution >= 4 is 5.69 Å². The Morgan fingerprint density at radius 1 is 1.00 bits per heavy atom. The van der Waals surface area contributed by atoms with Gasteiger partial charge in [-0.2, -0.15) is 0 Å². The zero-order valence-corrected chi connectivity index (χ0v) is 10.9. The molecule has 0 unspecified atom stereocenters. The number of aromatic hydroxyl groups is 2. The molecule has 0 atom stereocenters. The summed E-state index contributed by atoms with van der Waals surface area (Å²) in [4.78, 5) is 0. The van der Waals surface area contributed by atoms with Gasteiger partial charge in [0.15, 0.2) is 0 Å². The number of hydrogen-bond donors (Lipinski definition) is 3. The van der Waals surface area contributed by atoms with Crippen molar-refractivity contribution < 1.29 is 14.6 Å². The second kappa shape index (κ2) is 5.18. The molecule has 0 saturated carbocycles. The second-order valence-electron chi connectivity index (χ2n) is 4.62. The fourth-order valence-electron chi connectivity index (χ4n) is 1.92. The van der Waals surface area contributed by atoms with Crippen LogP contribution in [0.3, 0.4) is 0 Å². The van der Waals surface area contributed by atoms with Crippen LogP contribution in [-0.4, -0.2) is 10.2 Å². The first-order chi connectivity index (χ1) is 8.95. The maximum Gasteiger partial charge on any atom is 0.127 e. The molecule has 0 aromatic heterocycles. The van der Waals surface area contributed by atoms with Crippen molar-refractivity contribution in [2.75, 3.05) is 5.32 Å². The molecule has 2 aromatic carbocycles. The number of phenolic OH excluding ortho intramolecular Hbond substituents is 2. The normalized spacial score (nSPS) is 10.5. The predicted octanol–water partition coefficient (Wildman–Crippen LogP) is 3.47. The van der Waals surface area contributed by atoms with Crippen LogP contribution in [0.2, 0.25) is 0 Å². The molecule has 100 valence electrons. The Morgan fingerprint density at radius 2 is 1.74 bits per heavy atom. The first-order valence-electron chi connectivity index (χ1n) is 5.98. The van der Waals surface area contributed by atoms with E-state index in [1.165, 1.54) is 12.1 Å². The summed E-state index contributed by atoms with van der Waals surface area (Å²) in [5.74, 6) is -0.294. The maximum absolute atomic E-state index is 13.1. The number of aryl methyl sites for hydroxylation is 2. The molecule has 0 aliphatic carbocycles. The first kappa shape index (κ1) is 13.2. The van der Waals surface area contributed by atoms with Crippen molar-refractivity contribution in [1.29, 1.82) is 0 Å². The Bertz CT molecular complexity index is 591. The number of hydrogen-bond acceptors (Lipinski definition) is 3. The van der Waals surface area contributed by atoms with Crippen molar-refractivity contribution in [2.45, 2.75) is 20.4 Å². The molecule has 2 aromatic rings. The van der Waals surface area contributed by atoms with Gasteiger partial charge >= 0.3 is 0 Å². The lowest BCUT2D eigenvalue weighted by atomic mass is 10.1. The topological polar surface area (TPSA) is 52.5 Å². The molecule has 0 spiro atoms. The fourth-order valence-corrected chi connectivity index (χ4v) is 1.92. The van der Waals surface area contributed by atoms with Crippen LogP contribution < -0.4 is 5.32 Å². The summed E-state index contributed by atoms with van der Waals surface area (Å²) >= 11 is 0. The third-order valence-corrected chi connectivity index (χ3v) is 2.97. The summed E-state index contributed by atoms with van der Waals surface area (Å²) in [7, 11) is 0. The van der Waals surface area contributed by atoms with Gasteiger partial charge in [-0.25, -0.2) is 4.39 Å². The fraction of sp³-hybridized carbons (Fsp3) is 0.200. The monoisotopic (exact) mass is 261 g/mol. The van der Waals surface area contributed by atoms with Crippen LogP contribution in [0, 0.1) is 19.7 Å². The zero-order chi connectivity index (χ0) is 14.0. The van der Waals surface area contributed by atoms with Gasteiger partial charge in [0.05, 0.1) is 0 Å². The smallest absolute Gasteiger partial charge is 0.127 e. The van der Waals surface area contributed by atoms with Crippen LogP contribution in [0.4, 0.5) is 10.1 Å². The van der Waals surface area contributed by atoms with Gasteiger partial charge in [0, 0.05) is 18.3 Å². The summed E-state index contributed by atoms with van der Waals surface area (Å²) in [6.45, 7) is 4.09. The summed E-state index contributed by atoms with van der Waals surface area (Å²) in [5, 5.41) is 22.1. The second-order valence-corrected chi connectivity index (χ2v) is 4.62. The highest BCUT2D eigenvalue weighted by molar-refractivity contribution is 5.56. The van der Waals surface area contributed by atoms with Gasteiger partial charge in [0.25, 0.3) is 0 Å². The van der Waals surface area contributed by atoms with Gasteiger partial charge in [-0.3, -0.25) is 0 Å². The molecule has 0 aliphatic heterocycles. The van der Waals surface area contributed by atoms with Crippen molar-refractivity contribution in [3.63, 3.8) is 0 Å². The quantitative estimate of drug-likeness (QED) is 0.741. The molecule has 0 heterocycles. The van der Waals surface area contributed by atoms with Crippen LogP contribution in [0.5, 0.6) is 11.5 Å². The minimum absolute atomic E-state index is 0.0876. The highest BCUT2D eigenvalue weighted by Gasteiger charge is 2.04. The lowest BCUT2D eigenvalue weighted by Gasteiger charge is -2.12. The molecule has 0 radical (unpaired) electrons. The Morgan fingerprint density at radius 3 is 2.42 bits per heavy atom. The van der Waals surface area contributed by atoms with Gasteiger partial charge in [0.1, 0.15) is 17.3 Å². The summed E-state index contributed by atoms with van der Waals surface area (Å²) in [6.07, 6.45) is 0. The van der Waals surface area contributed by atoms with E-state index in [1.807, 2.05) is 19.9 Å². The van der Waals surface area contributed by atoms with Gasteiger partial charge in [0.2, 0.25) is 0 Å². The van der Waals surface area contributed by atoms with Crippen LogP contribution >= 0.6 is 0 Å². The standard InChI is InChI=1S/C15H16FNO2/c1-9-4-15(19)10(2)3-14(9)17-8-11-5-12(16)7-13(18)6-11/h3-7,17-19H,8H2,1-2H3. The molecule has 19 heavy (non-hydrogen) atoms. The molecule has 3 nitrogen and oxygen atoms in total. The number of phenols is 2. The van der Waals surface area contributed by atoms with Crippen LogP contribution in [0.1, 0.15) is 16.7 Å². The minimum Gasteiger partial charge on any atom is -0.508 e. The van der Waals surface area contributed by atoms with Crippen LogP contribution in [0.15, 0.2) is 30.3 Å². The summed E-state index contributed by atoms with van der Waals surface area (Å²) in [5.41, 5.74) is 3.21. The van der Waals surface area contributed by atoms with E-state index in [2.05, 4.69) is 5.32 Å². The van der Waals surface area contributed by atoms with E-state index in [1.54, 1.807) is 6.07 Å². The Kier molecular flexibility index (Phi) is 3.60. The third kappa shape index (κ3) is 3.16. The molecule has 0 saturated heterocycles. The average Bonchev–Trinajstić information content (AvgIpc) is 2.31. The van der Waals surface area contributed by atoms with Crippen LogP contribution in [-0.2, 0) is 6.54 Å². The number of nitrogens with one attached hydrogen (secondary N) is 1. The Hall–Kier alpha value is -2.23. The van der Waals surface area contributed by atoms with Crippen molar-refractivity contribution in [3.05, 3.63) is 52.8 Å². The predicted molar refractivity (Wildman–Crippen MR) is 73.0 cm³/mol. The average molecular weight is 261 g/mol. The van der Waals surface area contributed by atoms with E-state index in [0.29, 0.717) is 12.1 Å². The van der Waals surface area contributed by atoms with E-state index >= 15 is 0 Å². The molecular weight excluding hydrogens is 245 g/mol. The van der Waals surface area contributed by atoms with Crippen molar-refractivity contribution in [1.82, 2.24) is 0 Å². The van der Waals surface area contributed by atoms with Crippen molar-refractivity contribution in [2.24, 2.45) is 0 Å². The number of rotatable bonds is 3. The summed E-state index contributed by atoms with van der Waals surface area (Å²) in [6, 6.07) is 7.47.